The van der Waals surface area contributed by atoms with Crippen molar-refractivity contribution in [2.75, 3.05) is 6.54 Å². The summed E-state index contributed by atoms with van der Waals surface area (Å²) in [7, 11) is 0. The maximum absolute atomic E-state index is 13.1. The minimum atomic E-state index is -1.66. The fraction of sp³-hybridized carbons (Fsp3) is 0.483. The van der Waals surface area contributed by atoms with Crippen molar-refractivity contribution in [2.24, 2.45) is 17.2 Å². The topological polar surface area (TPSA) is 344 Å². The first-order valence-electron chi connectivity index (χ1n) is 15.0. The molecule has 0 aromatic heterocycles. The normalized spacial score (nSPS) is 14.3. The minimum Gasteiger partial charge on any atom is -0.481 e. The zero-order valence-electron chi connectivity index (χ0n) is 26.9. The molecule has 0 saturated heterocycles. The lowest BCUT2D eigenvalue weighted by molar-refractivity contribution is -0.143. The summed E-state index contributed by atoms with van der Waals surface area (Å²) >= 11 is 0. The highest BCUT2D eigenvalue weighted by molar-refractivity contribution is 5.96. The highest BCUT2D eigenvalue weighted by Gasteiger charge is 2.31. The van der Waals surface area contributed by atoms with Crippen LogP contribution in [0.25, 0.3) is 0 Å². The summed E-state index contributed by atoms with van der Waals surface area (Å²) in [6.45, 7) is 2.59. The van der Waals surface area contributed by atoms with Gasteiger partial charge in [0.15, 0.2) is 0 Å². The van der Waals surface area contributed by atoms with Crippen LogP contribution in [0.3, 0.4) is 0 Å². The van der Waals surface area contributed by atoms with E-state index in [0.717, 1.165) is 0 Å². The Balaban J connectivity index is 2.97. The third-order valence-electron chi connectivity index (χ3n) is 6.77. The van der Waals surface area contributed by atoms with Crippen LogP contribution in [0.5, 0.6) is 0 Å². The van der Waals surface area contributed by atoms with Gasteiger partial charge in [0, 0.05) is 13.0 Å². The van der Waals surface area contributed by atoms with Gasteiger partial charge in [0.25, 0.3) is 0 Å². The number of primary amides is 2. The molecule has 20 heteroatoms. The first kappa shape index (κ1) is 41.2. The number of carboxylic acids is 2. The van der Waals surface area contributed by atoms with Gasteiger partial charge in [-0.3, -0.25) is 33.6 Å². The largest absolute Gasteiger partial charge is 0.481 e. The van der Waals surface area contributed by atoms with Crippen molar-refractivity contribution in [2.45, 2.75) is 82.2 Å². The van der Waals surface area contributed by atoms with Crippen LogP contribution >= 0.6 is 0 Å². The smallest absolute Gasteiger partial charge is 0.326 e. The Labute approximate surface area is 280 Å². The fourth-order valence-corrected chi connectivity index (χ4v) is 4.16. The van der Waals surface area contributed by atoms with E-state index in [9.17, 15) is 48.3 Å². The minimum absolute atomic E-state index is 0.0320. The Morgan fingerprint density at radius 3 is 1.71 bits per heavy atom. The number of carboxylic acid groups (broad SMARTS) is 2. The number of carbonyl (C=O) groups excluding carboxylic acids is 7. The van der Waals surface area contributed by atoms with Gasteiger partial charge in [0.1, 0.15) is 30.2 Å². The van der Waals surface area contributed by atoms with Crippen molar-refractivity contribution in [3.8, 4) is 0 Å². The summed E-state index contributed by atoms with van der Waals surface area (Å²) in [5, 5.41) is 32.3. The second kappa shape index (κ2) is 20.4. The number of hydrogen-bond acceptors (Lipinski definition) is 10. The van der Waals surface area contributed by atoms with Gasteiger partial charge in [-0.2, -0.15) is 0 Å². The molecule has 0 unspecified atom stereocenters. The summed E-state index contributed by atoms with van der Waals surface area (Å²) in [5.74, 6) is -8.32. The van der Waals surface area contributed by atoms with Crippen LogP contribution in [-0.4, -0.2) is 106 Å². The number of amides is 8. The van der Waals surface area contributed by atoms with Crippen molar-refractivity contribution in [1.82, 2.24) is 31.9 Å². The van der Waals surface area contributed by atoms with Gasteiger partial charge in [-0.25, -0.2) is 9.59 Å². The van der Waals surface area contributed by atoms with Gasteiger partial charge < -0.3 is 59.3 Å². The van der Waals surface area contributed by atoms with E-state index in [0.29, 0.717) is 5.56 Å². The van der Waals surface area contributed by atoms with Gasteiger partial charge >= 0.3 is 18.0 Å². The summed E-state index contributed by atoms with van der Waals surface area (Å²) in [6.07, 6.45) is -1.44. The number of rotatable bonds is 21. The zero-order chi connectivity index (χ0) is 37.3. The van der Waals surface area contributed by atoms with Crippen molar-refractivity contribution in [3.63, 3.8) is 0 Å². The Morgan fingerprint density at radius 1 is 0.673 bits per heavy atom. The molecule has 0 fully saturated rings. The number of nitrogens with one attached hydrogen (secondary N) is 6. The molecule has 0 saturated carbocycles. The van der Waals surface area contributed by atoms with Crippen LogP contribution in [0.2, 0.25) is 0 Å². The molecule has 1 aromatic rings. The summed E-state index contributed by atoms with van der Waals surface area (Å²) < 4.78 is 0. The van der Waals surface area contributed by atoms with Crippen LogP contribution in [-0.2, 0) is 44.8 Å². The highest BCUT2D eigenvalue weighted by Crippen LogP contribution is 2.06. The second-order valence-electron chi connectivity index (χ2n) is 11.0. The molecule has 270 valence electrons. The maximum atomic E-state index is 13.1. The highest BCUT2D eigenvalue weighted by atomic mass is 16.4. The van der Waals surface area contributed by atoms with Crippen LogP contribution in [0.1, 0.15) is 45.1 Å². The third kappa shape index (κ3) is 16.0. The molecular formula is C29H43N9O11. The maximum Gasteiger partial charge on any atom is 0.326 e. The predicted octanol–water partition coefficient (Wildman–Crippen LogP) is -4.10. The molecule has 1 aromatic carbocycles. The predicted molar refractivity (Wildman–Crippen MR) is 170 cm³/mol. The molecular weight excluding hydrogens is 650 g/mol. The van der Waals surface area contributed by atoms with Crippen LogP contribution in [0.15, 0.2) is 30.3 Å². The van der Waals surface area contributed by atoms with E-state index in [4.69, 9.17) is 22.3 Å². The lowest BCUT2D eigenvalue weighted by Crippen LogP contribution is -2.58. The van der Waals surface area contributed by atoms with Crippen LogP contribution in [0.4, 0.5) is 4.79 Å². The lowest BCUT2D eigenvalue weighted by atomic mass is 10.0. The van der Waals surface area contributed by atoms with E-state index in [1.165, 1.54) is 13.8 Å². The first-order valence-corrected chi connectivity index (χ1v) is 15.0. The number of nitrogens with two attached hydrogens (primary N) is 3. The SMILES string of the molecule is C[C@H](NC(=O)[C@H](C)NC(=O)[C@H](CCCNC(N)=O)NC(=O)[C@@H](N)CC(=O)O)C(=O)N[C@@H](Cc1ccccc1)C(=O)N[C@@H](CC(N)=O)C(=O)O. The lowest BCUT2D eigenvalue weighted by Gasteiger charge is -2.25. The Hall–Kier alpha value is -5.79. The monoisotopic (exact) mass is 693 g/mol. The van der Waals surface area contributed by atoms with Crippen LogP contribution < -0.4 is 49.1 Å². The van der Waals surface area contributed by atoms with Crippen molar-refractivity contribution in [1.29, 1.82) is 0 Å². The van der Waals surface area contributed by atoms with Crippen LogP contribution in [0, 0.1) is 0 Å². The van der Waals surface area contributed by atoms with Crippen molar-refractivity contribution < 1.29 is 53.4 Å². The van der Waals surface area contributed by atoms with Gasteiger partial charge in [-0.05, 0) is 32.3 Å². The molecule has 0 aliphatic heterocycles. The molecule has 6 atom stereocenters. The van der Waals surface area contributed by atoms with Crippen molar-refractivity contribution >= 4 is 53.4 Å². The number of hydrogen-bond donors (Lipinski definition) is 11. The van der Waals surface area contributed by atoms with E-state index in [1.54, 1.807) is 30.3 Å². The average molecular weight is 694 g/mol. The fourth-order valence-electron chi connectivity index (χ4n) is 4.16. The molecule has 0 spiro atoms. The van der Waals surface area contributed by atoms with E-state index >= 15 is 0 Å². The average Bonchev–Trinajstić information content (AvgIpc) is 3.01. The van der Waals surface area contributed by atoms with Gasteiger partial charge in [0.05, 0.1) is 18.9 Å². The molecule has 0 bridgehead atoms. The zero-order valence-corrected chi connectivity index (χ0v) is 26.9. The first-order chi connectivity index (χ1) is 22.9. The Morgan fingerprint density at radius 2 is 1.18 bits per heavy atom. The molecule has 1 rings (SSSR count). The number of urea groups is 1. The van der Waals surface area contributed by atoms with Gasteiger partial charge in [0.2, 0.25) is 35.4 Å². The second-order valence-corrected chi connectivity index (χ2v) is 11.0. The van der Waals surface area contributed by atoms with E-state index in [2.05, 4.69) is 31.9 Å². The van der Waals surface area contributed by atoms with Gasteiger partial charge in [-0.15, -0.1) is 0 Å². The van der Waals surface area contributed by atoms with E-state index < -0.39 is 103 Å². The Kier molecular flexibility index (Phi) is 17.2. The summed E-state index contributed by atoms with van der Waals surface area (Å²) in [6, 6.07) is -0.813. The van der Waals surface area contributed by atoms with E-state index in [1.807, 2.05) is 0 Å². The number of aliphatic carboxylic acids is 2. The third-order valence-corrected chi connectivity index (χ3v) is 6.77. The van der Waals surface area contributed by atoms with Crippen molar-refractivity contribution in [3.05, 3.63) is 35.9 Å². The molecule has 8 amide bonds. The molecule has 0 heterocycles. The molecule has 20 nitrogen and oxygen atoms in total. The summed E-state index contributed by atoms with van der Waals surface area (Å²) in [5.41, 5.74) is 16.3. The quantitative estimate of drug-likeness (QED) is 0.0548. The molecule has 0 aliphatic carbocycles. The Bertz CT molecular complexity index is 1380. The van der Waals surface area contributed by atoms with Gasteiger partial charge in [-0.1, -0.05) is 30.3 Å². The molecule has 49 heavy (non-hydrogen) atoms. The molecule has 0 radical (unpaired) electrons. The molecule has 14 N–H and O–H groups in total. The summed E-state index contributed by atoms with van der Waals surface area (Å²) in [4.78, 5) is 109. The molecule has 0 aliphatic rings. The standard InChI is InChI=1S/C29H43N9O11/c1-14(35-26(45)18(9-6-10-33-29(32)49)36-25(44)17(30)12-22(40)41)23(42)34-15(2)24(43)37-19(11-16-7-4-3-5-8-16)27(46)38-20(28(47)48)13-21(31)39/h3-5,7-8,14-15,17-20H,6,9-13,30H2,1-2H3,(H2,31,39)(H,34,42)(H,35,45)(H,36,44)(H,37,43)(H,38,46)(H,40,41)(H,47,48)(H3,32,33,49)/t14-,15-,17-,18-,19-,20-/m0/s1. The number of carbonyl (C=O) groups is 9. The van der Waals surface area contributed by atoms with E-state index in [-0.39, 0.29) is 25.8 Å². The number of benzene rings is 1.